The zero-order valence-electron chi connectivity index (χ0n) is 16.3. The topological polar surface area (TPSA) is 49.2 Å². The number of fused-ring (bicyclic) bond motifs is 1. The fourth-order valence-corrected chi connectivity index (χ4v) is 5.78. The Morgan fingerprint density at radius 2 is 2.00 bits per heavy atom. The quantitative estimate of drug-likeness (QED) is 0.851. The number of likely N-dealkylation sites (tertiary alicyclic amines) is 1. The number of aryl methyl sites for hydroxylation is 1. The highest BCUT2D eigenvalue weighted by molar-refractivity contribution is 7.18. The molecule has 3 heterocycles. The molecule has 2 fully saturated rings. The second kappa shape index (κ2) is 7.17. The van der Waals surface area contributed by atoms with Crippen LogP contribution < -0.4 is 0 Å². The van der Waals surface area contributed by atoms with E-state index in [1.807, 2.05) is 18.3 Å². The summed E-state index contributed by atoms with van der Waals surface area (Å²) in [7, 11) is 0. The number of β-amino-alcohol motifs (C(OH)–C–C–N with tert-alkyl or cyclic N) is 1. The summed E-state index contributed by atoms with van der Waals surface area (Å²) in [5, 5.41) is 11.2. The highest BCUT2D eigenvalue weighted by Crippen LogP contribution is 2.45. The predicted molar refractivity (Wildman–Crippen MR) is 108 cm³/mol. The van der Waals surface area contributed by atoms with Crippen LogP contribution in [0.3, 0.4) is 0 Å². The molecular formula is C21H31N3OS. The molecule has 0 amide bonds. The lowest BCUT2D eigenvalue weighted by Gasteiger charge is -2.33. The first-order chi connectivity index (χ1) is 12.4. The van der Waals surface area contributed by atoms with Crippen LogP contribution in [0, 0.1) is 12.3 Å². The first-order valence-electron chi connectivity index (χ1n) is 10.1. The Labute approximate surface area is 160 Å². The average Bonchev–Trinajstić information content (AvgIpc) is 2.99. The molecule has 0 aromatic carbocycles. The lowest BCUT2D eigenvalue weighted by atomic mass is 9.73. The third-order valence-corrected chi connectivity index (χ3v) is 7.39. The third-order valence-electron chi connectivity index (χ3n) is 6.20. The standard InChI is InChI=1S/C21H31N3OS/c1-14-22-18(13-24-10-4-5-16(25)12-24)17-11-19(26-20(17)23-14)15-6-8-21(2,3)9-7-15/h11,15-16,25H,4-10,12-13H2,1-3H3/t16-/m1/s1. The molecule has 1 aliphatic heterocycles. The van der Waals surface area contributed by atoms with Gasteiger partial charge in [0.15, 0.2) is 0 Å². The molecule has 1 aliphatic carbocycles. The molecule has 1 atom stereocenters. The predicted octanol–water partition coefficient (Wildman–Crippen LogP) is 4.64. The van der Waals surface area contributed by atoms with Gasteiger partial charge in [0.1, 0.15) is 10.7 Å². The Bertz CT molecular complexity index is 775. The molecule has 1 saturated heterocycles. The minimum absolute atomic E-state index is 0.189. The number of nitrogens with zero attached hydrogens (tertiary/aromatic N) is 3. The first kappa shape index (κ1) is 18.3. The smallest absolute Gasteiger partial charge is 0.127 e. The van der Waals surface area contributed by atoms with Crippen molar-refractivity contribution in [2.45, 2.75) is 77.9 Å². The van der Waals surface area contributed by atoms with E-state index in [9.17, 15) is 5.11 Å². The molecule has 5 heteroatoms. The molecule has 0 unspecified atom stereocenters. The lowest BCUT2D eigenvalue weighted by molar-refractivity contribution is 0.0664. The van der Waals surface area contributed by atoms with Gasteiger partial charge in [-0.2, -0.15) is 0 Å². The van der Waals surface area contributed by atoms with Gasteiger partial charge in [0.05, 0.1) is 11.8 Å². The fraction of sp³-hybridized carbons (Fsp3) is 0.714. The van der Waals surface area contributed by atoms with E-state index < -0.39 is 0 Å². The highest BCUT2D eigenvalue weighted by Gasteiger charge is 2.29. The lowest BCUT2D eigenvalue weighted by Crippen LogP contribution is -2.37. The van der Waals surface area contributed by atoms with Crippen LogP contribution in [0.15, 0.2) is 6.07 Å². The van der Waals surface area contributed by atoms with Gasteiger partial charge in [-0.25, -0.2) is 9.97 Å². The van der Waals surface area contributed by atoms with Gasteiger partial charge in [0.2, 0.25) is 0 Å². The molecular weight excluding hydrogens is 342 g/mol. The van der Waals surface area contributed by atoms with Crippen molar-refractivity contribution in [3.05, 3.63) is 22.5 Å². The van der Waals surface area contributed by atoms with Crippen LogP contribution in [0.1, 0.15) is 74.7 Å². The molecule has 4 nitrogen and oxygen atoms in total. The summed E-state index contributed by atoms with van der Waals surface area (Å²) in [4.78, 5) is 14.5. The molecule has 1 N–H and O–H groups in total. The van der Waals surface area contributed by atoms with Crippen LogP contribution in [0.4, 0.5) is 0 Å². The molecule has 0 bridgehead atoms. The van der Waals surface area contributed by atoms with Crippen LogP contribution in [-0.2, 0) is 6.54 Å². The number of hydrogen-bond acceptors (Lipinski definition) is 5. The number of piperidine rings is 1. The summed E-state index contributed by atoms with van der Waals surface area (Å²) in [6.45, 7) is 9.43. The van der Waals surface area contributed by atoms with E-state index in [0.717, 1.165) is 48.8 Å². The van der Waals surface area contributed by atoms with Gasteiger partial charge in [-0.1, -0.05) is 13.8 Å². The zero-order chi connectivity index (χ0) is 18.3. The van der Waals surface area contributed by atoms with Crippen LogP contribution >= 0.6 is 11.3 Å². The summed E-state index contributed by atoms with van der Waals surface area (Å²) in [5.41, 5.74) is 1.64. The summed E-state index contributed by atoms with van der Waals surface area (Å²) in [6, 6.07) is 2.37. The van der Waals surface area contributed by atoms with E-state index >= 15 is 0 Å². The van der Waals surface area contributed by atoms with Gasteiger partial charge < -0.3 is 5.11 Å². The normalized spacial score (nSPS) is 25.0. The molecule has 2 aromatic rings. The Morgan fingerprint density at radius 3 is 2.73 bits per heavy atom. The summed E-state index contributed by atoms with van der Waals surface area (Å²) in [5.74, 6) is 1.55. The van der Waals surface area contributed by atoms with Gasteiger partial charge in [-0.15, -0.1) is 11.3 Å². The number of aliphatic hydroxyl groups excluding tert-OH is 1. The van der Waals surface area contributed by atoms with Gasteiger partial charge in [-0.05, 0) is 69.4 Å². The number of aromatic nitrogens is 2. The minimum Gasteiger partial charge on any atom is -0.392 e. The summed E-state index contributed by atoms with van der Waals surface area (Å²) >= 11 is 1.88. The summed E-state index contributed by atoms with van der Waals surface area (Å²) in [6.07, 6.45) is 7.02. The maximum Gasteiger partial charge on any atom is 0.127 e. The van der Waals surface area contributed by atoms with Gasteiger partial charge in [-0.3, -0.25) is 4.90 Å². The summed E-state index contributed by atoms with van der Waals surface area (Å²) < 4.78 is 0. The van der Waals surface area contributed by atoms with E-state index in [0.29, 0.717) is 11.3 Å². The van der Waals surface area contributed by atoms with Crippen LogP contribution in [0.25, 0.3) is 10.2 Å². The molecule has 4 rings (SSSR count). The maximum absolute atomic E-state index is 9.97. The Morgan fingerprint density at radius 1 is 1.23 bits per heavy atom. The van der Waals surface area contributed by atoms with Crippen molar-refractivity contribution in [3.63, 3.8) is 0 Å². The van der Waals surface area contributed by atoms with Crippen molar-refractivity contribution < 1.29 is 5.11 Å². The van der Waals surface area contributed by atoms with E-state index in [1.54, 1.807) is 0 Å². The van der Waals surface area contributed by atoms with Gasteiger partial charge in [0.25, 0.3) is 0 Å². The minimum atomic E-state index is -0.189. The number of hydrogen-bond donors (Lipinski definition) is 1. The third kappa shape index (κ3) is 3.95. The van der Waals surface area contributed by atoms with Crippen molar-refractivity contribution in [2.24, 2.45) is 5.41 Å². The number of rotatable bonds is 3. The largest absolute Gasteiger partial charge is 0.392 e. The molecule has 2 aliphatic rings. The van der Waals surface area contributed by atoms with E-state index in [4.69, 9.17) is 9.97 Å². The Hall–Kier alpha value is -1.04. The molecule has 26 heavy (non-hydrogen) atoms. The number of aliphatic hydroxyl groups is 1. The Balaban J connectivity index is 1.59. The van der Waals surface area contributed by atoms with Crippen LogP contribution in [0.5, 0.6) is 0 Å². The van der Waals surface area contributed by atoms with Crippen LogP contribution in [0.2, 0.25) is 0 Å². The van der Waals surface area contributed by atoms with Gasteiger partial charge >= 0.3 is 0 Å². The first-order valence-corrected chi connectivity index (χ1v) is 10.9. The van der Waals surface area contributed by atoms with E-state index in [1.165, 1.54) is 35.9 Å². The van der Waals surface area contributed by atoms with Crippen molar-refractivity contribution in [1.82, 2.24) is 14.9 Å². The molecule has 1 saturated carbocycles. The number of thiophene rings is 1. The van der Waals surface area contributed by atoms with Crippen LogP contribution in [-0.4, -0.2) is 39.2 Å². The van der Waals surface area contributed by atoms with Crippen molar-refractivity contribution in [3.8, 4) is 0 Å². The average molecular weight is 374 g/mol. The van der Waals surface area contributed by atoms with E-state index in [-0.39, 0.29) is 6.10 Å². The van der Waals surface area contributed by atoms with Crippen molar-refractivity contribution >= 4 is 21.6 Å². The van der Waals surface area contributed by atoms with Gasteiger partial charge in [0, 0.05) is 23.4 Å². The molecule has 0 radical (unpaired) electrons. The van der Waals surface area contributed by atoms with Crippen molar-refractivity contribution in [2.75, 3.05) is 13.1 Å². The van der Waals surface area contributed by atoms with E-state index in [2.05, 4.69) is 24.8 Å². The zero-order valence-corrected chi connectivity index (χ0v) is 17.1. The SMILES string of the molecule is Cc1nc(CN2CCC[C@@H](O)C2)c2cc(C3CCC(C)(C)CC3)sc2n1. The maximum atomic E-state index is 9.97. The highest BCUT2D eigenvalue weighted by atomic mass is 32.1. The fourth-order valence-electron chi connectivity index (χ4n) is 4.51. The van der Waals surface area contributed by atoms with Crippen molar-refractivity contribution in [1.29, 1.82) is 0 Å². The molecule has 2 aromatic heterocycles. The molecule has 0 spiro atoms. The Kier molecular flexibility index (Phi) is 5.06. The second-order valence-electron chi connectivity index (χ2n) is 9.05. The second-order valence-corrected chi connectivity index (χ2v) is 10.1. The molecule has 142 valence electrons. The monoisotopic (exact) mass is 373 g/mol.